The molecule has 1 fully saturated rings. The van der Waals surface area contributed by atoms with E-state index in [2.05, 4.69) is 0 Å². The summed E-state index contributed by atoms with van der Waals surface area (Å²) < 4.78 is 14.1. The van der Waals surface area contributed by atoms with Crippen molar-refractivity contribution in [2.24, 2.45) is 11.7 Å². The lowest BCUT2D eigenvalue weighted by atomic mass is 9.97. The highest BCUT2D eigenvalue weighted by Crippen LogP contribution is 2.28. The van der Waals surface area contributed by atoms with Gasteiger partial charge in [-0.25, -0.2) is 4.39 Å². The molecule has 4 nitrogen and oxygen atoms in total. The number of rotatable bonds is 4. The Morgan fingerprint density at radius 3 is 2.81 bits per heavy atom. The van der Waals surface area contributed by atoms with E-state index in [1.54, 1.807) is 36.1 Å². The summed E-state index contributed by atoms with van der Waals surface area (Å²) in [7, 11) is 0. The molecular formula is C20H20ClFN2O2. The van der Waals surface area contributed by atoms with Gasteiger partial charge in [-0.1, -0.05) is 29.8 Å². The average Bonchev–Trinajstić information content (AvgIpc) is 3.07. The number of nitrogens with two attached hydrogens (primary N) is 1. The summed E-state index contributed by atoms with van der Waals surface area (Å²) in [4.78, 5) is 25.7. The van der Waals surface area contributed by atoms with E-state index in [-0.39, 0.29) is 22.4 Å². The molecule has 1 aliphatic heterocycles. The molecule has 1 aliphatic rings. The average molecular weight is 375 g/mol. The molecule has 1 unspecified atom stereocenters. The predicted octanol–water partition coefficient (Wildman–Crippen LogP) is 3.59. The van der Waals surface area contributed by atoms with Gasteiger partial charge in [-0.15, -0.1) is 0 Å². The first-order chi connectivity index (χ1) is 12.4. The van der Waals surface area contributed by atoms with Crippen molar-refractivity contribution < 1.29 is 14.0 Å². The molecule has 1 heterocycles. The second kappa shape index (κ2) is 7.46. The minimum Gasteiger partial charge on any atom is -0.366 e. The molecular weight excluding hydrogens is 355 g/mol. The van der Waals surface area contributed by atoms with Crippen LogP contribution in [-0.2, 0) is 6.42 Å². The van der Waals surface area contributed by atoms with Gasteiger partial charge in [-0.05, 0) is 55.0 Å². The van der Waals surface area contributed by atoms with Gasteiger partial charge in [-0.2, -0.15) is 0 Å². The first-order valence-electron chi connectivity index (χ1n) is 8.49. The zero-order valence-corrected chi connectivity index (χ0v) is 15.2. The van der Waals surface area contributed by atoms with E-state index in [4.69, 9.17) is 17.3 Å². The SMILES string of the molecule is Cc1ccc(F)c(C(=O)N2CCC(Cc3cccc(C(N)=O)c3)C2)c1Cl. The fourth-order valence-corrected chi connectivity index (χ4v) is 3.61. The van der Waals surface area contributed by atoms with E-state index < -0.39 is 11.7 Å². The molecule has 26 heavy (non-hydrogen) atoms. The second-order valence-electron chi connectivity index (χ2n) is 6.73. The largest absolute Gasteiger partial charge is 0.366 e. The first kappa shape index (κ1) is 18.4. The number of primary amides is 1. The number of nitrogens with zero attached hydrogens (tertiary/aromatic N) is 1. The molecule has 0 aliphatic carbocycles. The maximum Gasteiger partial charge on any atom is 0.258 e. The van der Waals surface area contributed by atoms with Crippen molar-refractivity contribution in [1.82, 2.24) is 4.90 Å². The van der Waals surface area contributed by atoms with E-state index in [0.29, 0.717) is 24.2 Å². The minimum absolute atomic E-state index is 0.0527. The van der Waals surface area contributed by atoms with Crippen molar-refractivity contribution in [3.63, 3.8) is 0 Å². The van der Waals surface area contributed by atoms with Crippen molar-refractivity contribution in [2.45, 2.75) is 19.8 Å². The van der Waals surface area contributed by atoms with Gasteiger partial charge < -0.3 is 10.6 Å². The number of amides is 2. The normalized spacial score (nSPS) is 16.7. The van der Waals surface area contributed by atoms with Crippen LogP contribution in [0.5, 0.6) is 0 Å². The first-order valence-corrected chi connectivity index (χ1v) is 8.87. The molecule has 2 N–H and O–H groups in total. The number of halogens is 2. The van der Waals surface area contributed by atoms with Crippen LogP contribution in [0, 0.1) is 18.7 Å². The van der Waals surface area contributed by atoms with E-state index in [1.165, 1.54) is 6.07 Å². The molecule has 3 rings (SSSR count). The third kappa shape index (κ3) is 3.73. The summed E-state index contributed by atoms with van der Waals surface area (Å²) in [5.41, 5.74) is 7.42. The van der Waals surface area contributed by atoms with Gasteiger partial charge in [0.25, 0.3) is 5.91 Å². The van der Waals surface area contributed by atoms with Crippen molar-refractivity contribution in [3.05, 3.63) is 69.5 Å². The van der Waals surface area contributed by atoms with Gasteiger partial charge in [0.1, 0.15) is 5.82 Å². The number of hydrogen-bond acceptors (Lipinski definition) is 2. The van der Waals surface area contributed by atoms with Crippen molar-refractivity contribution >= 4 is 23.4 Å². The number of carbonyl (C=O) groups is 2. The monoisotopic (exact) mass is 374 g/mol. The molecule has 0 radical (unpaired) electrons. The minimum atomic E-state index is -0.594. The zero-order chi connectivity index (χ0) is 18.8. The van der Waals surface area contributed by atoms with Gasteiger partial charge in [0, 0.05) is 18.7 Å². The topological polar surface area (TPSA) is 63.4 Å². The van der Waals surface area contributed by atoms with Gasteiger partial charge in [0.2, 0.25) is 5.91 Å². The number of carbonyl (C=O) groups excluding carboxylic acids is 2. The van der Waals surface area contributed by atoms with Crippen LogP contribution in [0.15, 0.2) is 36.4 Å². The Kier molecular flexibility index (Phi) is 5.28. The summed E-state index contributed by atoms with van der Waals surface area (Å²) in [6.07, 6.45) is 1.55. The number of benzene rings is 2. The van der Waals surface area contributed by atoms with Crippen LogP contribution in [0.4, 0.5) is 4.39 Å². The second-order valence-corrected chi connectivity index (χ2v) is 7.11. The quantitative estimate of drug-likeness (QED) is 0.888. The molecule has 0 bridgehead atoms. The Morgan fingerprint density at radius 2 is 2.08 bits per heavy atom. The Balaban J connectivity index is 1.71. The molecule has 2 aromatic carbocycles. The van der Waals surface area contributed by atoms with Gasteiger partial charge in [0.15, 0.2) is 0 Å². The molecule has 0 spiro atoms. The van der Waals surface area contributed by atoms with Crippen LogP contribution < -0.4 is 5.73 Å². The van der Waals surface area contributed by atoms with Crippen LogP contribution in [-0.4, -0.2) is 29.8 Å². The maximum absolute atomic E-state index is 14.1. The zero-order valence-electron chi connectivity index (χ0n) is 14.5. The van der Waals surface area contributed by atoms with Crippen molar-refractivity contribution in [3.8, 4) is 0 Å². The Labute approximate surface area is 156 Å². The third-order valence-electron chi connectivity index (χ3n) is 4.81. The van der Waals surface area contributed by atoms with E-state index >= 15 is 0 Å². The van der Waals surface area contributed by atoms with Gasteiger partial charge in [-0.3, -0.25) is 9.59 Å². The lowest BCUT2D eigenvalue weighted by Gasteiger charge is -2.18. The molecule has 1 saturated heterocycles. The van der Waals surface area contributed by atoms with Crippen LogP contribution in [0.3, 0.4) is 0 Å². The van der Waals surface area contributed by atoms with Crippen LogP contribution in [0.25, 0.3) is 0 Å². The van der Waals surface area contributed by atoms with Crippen molar-refractivity contribution in [1.29, 1.82) is 0 Å². The molecule has 136 valence electrons. The van der Waals surface area contributed by atoms with Gasteiger partial charge >= 0.3 is 0 Å². The predicted molar refractivity (Wildman–Crippen MR) is 98.8 cm³/mol. The highest BCUT2D eigenvalue weighted by atomic mass is 35.5. The summed E-state index contributed by atoms with van der Waals surface area (Å²) in [5.74, 6) is -1.18. The maximum atomic E-state index is 14.1. The Bertz CT molecular complexity index is 869. The Hall–Kier alpha value is -2.40. The summed E-state index contributed by atoms with van der Waals surface area (Å²) in [5, 5.41) is 0.174. The fourth-order valence-electron chi connectivity index (χ4n) is 3.38. The highest BCUT2D eigenvalue weighted by Gasteiger charge is 2.30. The van der Waals surface area contributed by atoms with Crippen LogP contribution >= 0.6 is 11.6 Å². The van der Waals surface area contributed by atoms with Gasteiger partial charge in [0.05, 0.1) is 10.6 Å². The number of aryl methyl sites for hydroxylation is 1. The van der Waals surface area contributed by atoms with E-state index in [0.717, 1.165) is 18.4 Å². The third-order valence-corrected chi connectivity index (χ3v) is 5.29. The fraction of sp³-hybridized carbons (Fsp3) is 0.300. The summed E-state index contributed by atoms with van der Waals surface area (Å²) in [6, 6.07) is 10.0. The number of likely N-dealkylation sites (tertiary alicyclic amines) is 1. The molecule has 0 saturated carbocycles. The molecule has 0 aromatic heterocycles. The van der Waals surface area contributed by atoms with Crippen molar-refractivity contribution in [2.75, 3.05) is 13.1 Å². The summed E-state index contributed by atoms with van der Waals surface area (Å²) in [6.45, 7) is 2.84. The number of hydrogen-bond donors (Lipinski definition) is 1. The highest BCUT2D eigenvalue weighted by molar-refractivity contribution is 6.34. The smallest absolute Gasteiger partial charge is 0.258 e. The standard InChI is InChI=1S/C20H20ClFN2O2/c1-12-5-6-16(22)17(18(12)21)20(26)24-8-7-14(11-24)9-13-3-2-4-15(10-13)19(23)25/h2-6,10,14H,7-9,11H2,1H3,(H2,23,25). The van der Waals surface area contributed by atoms with E-state index in [1.807, 2.05) is 6.07 Å². The lowest BCUT2D eigenvalue weighted by molar-refractivity contribution is 0.0782. The van der Waals surface area contributed by atoms with Crippen LogP contribution in [0.1, 0.15) is 38.3 Å². The van der Waals surface area contributed by atoms with Crippen LogP contribution in [0.2, 0.25) is 5.02 Å². The lowest BCUT2D eigenvalue weighted by Crippen LogP contribution is -2.30. The molecule has 1 atom stereocenters. The Morgan fingerprint density at radius 1 is 1.31 bits per heavy atom. The molecule has 2 aromatic rings. The molecule has 2 amide bonds. The molecule has 6 heteroatoms. The van der Waals surface area contributed by atoms with E-state index in [9.17, 15) is 14.0 Å². The summed E-state index contributed by atoms with van der Waals surface area (Å²) >= 11 is 6.15.